The number of methoxy groups -OCH3 is 1. The minimum Gasteiger partial charge on any atom is -0.382 e. The SMILES string of the molecule is COCCOCC(=O)N1CCC2(CC1)NC(CCSC)C(=O)N2Cc1ccccc1C#N. The molecule has 2 aliphatic heterocycles. The number of piperidine rings is 1. The minimum atomic E-state index is -0.504. The zero-order chi connectivity index (χ0) is 23.0. The van der Waals surface area contributed by atoms with Gasteiger partial charge in [-0.3, -0.25) is 14.9 Å². The molecule has 174 valence electrons. The Bertz CT molecular complexity index is 836. The Kier molecular flexibility index (Phi) is 8.93. The van der Waals surface area contributed by atoms with Crippen LogP contribution in [0, 0.1) is 11.3 Å². The highest BCUT2D eigenvalue weighted by molar-refractivity contribution is 7.98. The first kappa shape index (κ1) is 24.5. The molecule has 0 aliphatic carbocycles. The second-order valence-electron chi connectivity index (χ2n) is 8.13. The molecule has 0 radical (unpaired) electrons. The number of nitrogens with one attached hydrogen (secondary N) is 1. The molecule has 32 heavy (non-hydrogen) atoms. The molecule has 1 unspecified atom stereocenters. The fraction of sp³-hybridized carbons (Fsp3) is 0.609. The molecule has 0 bridgehead atoms. The van der Waals surface area contributed by atoms with Gasteiger partial charge >= 0.3 is 0 Å². The third-order valence-electron chi connectivity index (χ3n) is 6.20. The lowest BCUT2D eigenvalue weighted by atomic mass is 9.94. The van der Waals surface area contributed by atoms with Gasteiger partial charge in [-0.2, -0.15) is 17.0 Å². The van der Waals surface area contributed by atoms with Gasteiger partial charge in [0.25, 0.3) is 0 Å². The van der Waals surface area contributed by atoms with Crippen molar-refractivity contribution in [3.05, 3.63) is 35.4 Å². The number of ether oxygens (including phenoxy) is 2. The molecule has 2 amide bonds. The maximum atomic E-state index is 13.4. The van der Waals surface area contributed by atoms with E-state index in [2.05, 4.69) is 11.4 Å². The zero-order valence-electron chi connectivity index (χ0n) is 18.8. The number of amides is 2. The van der Waals surface area contributed by atoms with Crippen LogP contribution in [0.25, 0.3) is 0 Å². The van der Waals surface area contributed by atoms with E-state index in [0.717, 1.165) is 17.7 Å². The van der Waals surface area contributed by atoms with Crippen molar-refractivity contribution in [3.63, 3.8) is 0 Å². The van der Waals surface area contributed by atoms with E-state index >= 15 is 0 Å². The van der Waals surface area contributed by atoms with Crippen molar-refractivity contribution in [1.29, 1.82) is 5.26 Å². The highest BCUT2D eigenvalue weighted by atomic mass is 32.2. The second kappa shape index (κ2) is 11.7. The second-order valence-corrected chi connectivity index (χ2v) is 9.12. The van der Waals surface area contributed by atoms with Gasteiger partial charge in [0.1, 0.15) is 6.61 Å². The summed E-state index contributed by atoms with van der Waals surface area (Å²) >= 11 is 1.72. The summed E-state index contributed by atoms with van der Waals surface area (Å²) in [7, 11) is 1.60. The van der Waals surface area contributed by atoms with Gasteiger partial charge in [-0.05, 0) is 30.1 Å². The van der Waals surface area contributed by atoms with Crippen molar-refractivity contribution in [3.8, 4) is 6.07 Å². The van der Waals surface area contributed by atoms with Gasteiger partial charge in [-0.1, -0.05) is 18.2 Å². The van der Waals surface area contributed by atoms with Crippen LogP contribution in [-0.2, 0) is 25.6 Å². The number of hydrogen-bond donors (Lipinski definition) is 1. The van der Waals surface area contributed by atoms with E-state index in [1.807, 2.05) is 29.4 Å². The van der Waals surface area contributed by atoms with Crippen molar-refractivity contribution in [2.75, 3.05) is 52.0 Å². The molecular formula is C23H32N4O4S. The Balaban J connectivity index is 1.71. The number of likely N-dealkylation sites (tertiary alicyclic amines) is 1. The van der Waals surface area contributed by atoms with Crippen molar-refractivity contribution in [2.24, 2.45) is 0 Å². The molecule has 2 saturated heterocycles. The highest BCUT2D eigenvalue weighted by Crippen LogP contribution is 2.35. The maximum Gasteiger partial charge on any atom is 0.248 e. The minimum absolute atomic E-state index is 0.0400. The van der Waals surface area contributed by atoms with Crippen LogP contribution in [-0.4, -0.2) is 85.3 Å². The summed E-state index contributed by atoms with van der Waals surface area (Å²) < 4.78 is 10.3. The molecule has 9 heteroatoms. The molecule has 0 saturated carbocycles. The molecule has 0 aromatic heterocycles. The monoisotopic (exact) mass is 460 g/mol. The number of nitrogens with zero attached hydrogens (tertiary/aromatic N) is 3. The van der Waals surface area contributed by atoms with Gasteiger partial charge < -0.3 is 19.3 Å². The molecule has 1 N–H and O–H groups in total. The topological polar surface area (TPSA) is 94.9 Å². The Morgan fingerprint density at radius 3 is 2.75 bits per heavy atom. The molecule has 1 aromatic rings. The largest absolute Gasteiger partial charge is 0.382 e. The summed E-state index contributed by atoms with van der Waals surface area (Å²) in [6.07, 6.45) is 4.09. The Morgan fingerprint density at radius 2 is 2.06 bits per heavy atom. The Hall–Kier alpha value is -2.12. The number of hydrogen-bond acceptors (Lipinski definition) is 7. The predicted molar refractivity (Wildman–Crippen MR) is 123 cm³/mol. The van der Waals surface area contributed by atoms with Gasteiger partial charge in [0.2, 0.25) is 11.8 Å². The van der Waals surface area contributed by atoms with E-state index in [0.29, 0.717) is 51.3 Å². The average Bonchev–Trinajstić information content (AvgIpc) is 3.06. The van der Waals surface area contributed by atoms with Crippen molar-refractivity contribution in [1.82, 2.24) is 15.1 Å². The summed E-state index contributed by atoms with van der Waals surface area (Å²) in [6.45, 7) is 2.38. The summed E-state index contributed by atoms with van der Waals surface area (Å²) in [5.74, 6) is 0.931. The van der Waals surface area contributed by atoms with Crippen LogP contribution < -0.4 is 5.32 Å². The van der Waals surface area contributed by atoms with Crippen molar-refractivity contribution in [2.45, 2.75) is 37.5 Å². The molecule has 2 fully saturated rings. The molecule has 3 rings (SSSR count). The number of thioether (sulfide) groups is 1. The van der Waals surface area contributed by atoms with Crippen LogP contribution in [0.1, 0.15) is 30.4 Å². The normalized spacial score (nSPS) is 20.0. The Morgan fingerprint density at radius 1 is 1.31 bits per heavy atom. The highest BCUT2D eigenvalue weighted by Gasteiger charge is 2.51. The van der Waals surface area contributed by atoms with E-state index in [1.54, 1.807) is 29.8 Å². The third kappa shape index (κ3) is 5.62. The van der Waals surface area contributed by atoms with Crippen LogP contribution in [0.5, 0.6) is 0 Å². The summed E-state index contributed by atoms with van der Waals surface area (Å²) in [4.78, 5) is 29.6. The lowest BCUT2D eigenvalue weighted by molar-refractivity contribution is -0.141. The first-order valence-corrected chi connectivity index (χ1v) is 12.3. The number of rotatable bonds is 10. The van der Waals surface area contributed by atoms with Gasteiger partial charge in [0.15, 0.2) is 0 Å². The van der Waals surface area contributed by atoms with Gasteiger partial charge in [-0.25, -0.2) is 0 Å². The van der Waals surface area contributed by atoms with E-state index in [-0.39, 0.29) is 24.5 Å². The smallest absolute Gasteiger partial charge is 0.248 e. The standard InChI is InChI=1S/C23H32N4O4S/c1-30-12-13-31-17-21(28)26-10-8-23(9-11-26)25-20(7-14-32-2)22(29)27(23)16-19-6-4-3-5-18(19)15-24/h3-6,20,25H,7-14,16-17H2,1-2H3. The van der Waals surface area contributed by atoms with Crippen molar-refractivity contribution < 1.29 is 19.1 Å². The molecule has 1 aromatic carbocycles. The van der Waals surface area contributed by atoms with E-state index < -0.39 is 5.66 Å². The van der Waals surface area contributed by atoms with Crippen LogP contribution in [0.3, 0.4) is 0 Å². The molecule has 2 aliphatic rings. The van der Waals surface area contributed by atoms with Crippen LogP contribution in [0.4, 0.5) is 0 Å². The number of benzene rings is 1. The van der Waals surface area contributed by atoms with E-state index in [9.17, 15) is 14.9 Å². The van der Waals surface area contributed by atoms with E-state index in [1.165, 1.54) is 0 Å². The molecule has 2 heterocycles. The fourth-order valence-electron chi connectivity index (χ4n) is 4.39. The zero-order valence-corrected chi connectivity index (χ0v) is 19.7. The number of carbonyl (C=O) groups is 2. The molecule has 8 nitrogen and oxygen atoms in total. The maximum absolute atomic E-state index is 13.4. The summed E-state index contributed by atoms with van der Waals surface area (Å²) in [5.41, 5.74) is 0.931. The molecule has 1 atom stereocenters. The van der Waals surface area contributed by atoms with E-state index in [4.69, 9.17) is 9.47 Å². The third-order valence-corrected chi connectivity index (χ3v) is 6.85. The molecule has 1 spiro atoms. The van der Waals surface area contributed by atoms with Crippen LogP contribution in [0.15, 0.2) is 24.3 Å². The Labute approximate surface area is 194 Å². The van der Waals surface area contributed by atoms with Gasteiger partial charge in [0.05, 0.1) is 36.6 Å². The van der Waals surface area contributed by atoms with Gasteiger partial charge in [0, 0.05) is 39.6 Å². The number of carbonyl (C=O) groups excluding carboxylic acids is 2. The van der Waals surface area contributed by atoms with Crippen LogP contribution in [0.2, 0.25) is 0 Å². The number of nitriles is 1. The average molecular weight is 461 g/mol. The lowest BCUT2D eigenvalue weighted by Gasteiger charge is -2.44. The first-order chi connectivity index (χ1) is 15.5. The predicted octanol–water partition coefficient (Wildman–Crippen LogP) is 1.59. The quantitative estimate of drug-likeness (QED) is 0.530. The summed E-state index contributed by atoms with van der Waals surface area (Å²) in [6, 6.07) is 9.42. The summed E-state index contributed by atoms with van der Waals surface area (Å²) in [5, 5.41) is 13.1. The van der Waals surface area contributed by atoms with Gasteiger partial charge in [-0.15, -0.1) is 0 Å². The molecular weight excluding hydrogens is 428 g/mol. The fourth-order valence-corrected chi connectivity index (χ4v) is 4.87. The lowest BCUT2D eigenvalue weighted by Crippen LogP contribution is -2.59. The first-order valence-electron chi connectivity index (χ1n) is 10.9. The van der Waals surface area contributed by atoms with Crippen LogP contribution >= 0.6 is 11.8 Å². The van der Waals surface area contributed by atoms with Crippen molar-refractivity contribution >= 4 is 23.6 Å².